The Labute approximate surface area is 189 Å². The predicted molar refractivity (Wildman–Crippen MR) is 132 cm³/mol. The molecule has 0 aromatic heterocycles. The molecule has 0 saturated heterocycles. The standard InChI is InChI=1S/C31H22O/c32-31(24-21-25-13-5-1-6-14-25)30(28-19-11-4-12-20-28)23-22-29(26-15-7-2-8-16-26)27-17-9-3-10-18-27/h1-20,31-32H. The van der Waals surface area contributed by atoms with E-state index >= 15 is 0 Å². The molecule has 1 heteroatoms. The maximum Gasteiger partial charge on any atom is 0.148 e. The molecule has 1 atom stereocenters. The quantitative estimate of drug-likeness (QED) is 0.306. The summed E-state index contributed by atoms with van der Waals surface area (Å²) in [5.74, 6) is 6.01. The fourth-order valence-electron chi connectivity index (χ4n) is 3.31. The molecule has 0 aliphatic heterocycles. The average molecular weight is 411 g/mol. The van der Waals surface area contributed by atoms with Crippen molar-refractivity contribution < 1.29 is 5.11 Å². The molecule has 0 radical (unpaired) electrons. The van der Waals surface area contributed by atoms with Gasteiger partial charge in [0, 0.05) is 11.1 Å². The molecular weight excluding hydrogens is 388 g/mol. The molecule has 152 valence electrons. The monoisotopic (exact) mass is 410 g/mol. The van der Waals surface area contributed by atoms with Gasteiger partial charge in [-0.3, -0.25) is 0 Å². The number of aliphatic hydroxyl groups is 1. The van der Waals surface area contributed by atoms with Gasteiger partial charge >= 0.3 is 0 Å². The Balaban J connectivity index is 1.89. The highest BCUT2D eigenvalue weighted by Gasteiger charge is 2.10. The summed E-state index contributed by atoms with van der Waals surface area (Å²) in [5.41, 5.74) is 11.8. The number of rotatable bonds is 4. The molecule has 0 saturated carbocycles. The van der Waals surface area contributed by atoms with Crippen LogP contribution in [0.4, 0.5) is 0 Å². The van der Waals surface area contributed by atoms with Crippen LogP contribution in [0, 0.1) is 11.8 Å². The fourth-order valence-corrected chi connectivity index (χ4v) is 3.31. The van der Waals surface area contributed by atoms with E-state index in [1.807, 2.05) is 121 Å². The van der Waals surface area contributed by atoms with Gasteiger partial charge in [0.2, 0.25) is 0 Å². The first-order chi connectivity index (χ1) is 15.8. The van der Waals surface area contributed by atoms with E-state index in [9.17, 15) is 5.11 Å². The third-order valence-corrected chi connectivity index (χ3v) is 4.93. The maximum absolute atomic E-state index is 11.0. The van der Waals surface area contributed by atoms with Crippen LogP contribution in [-0.4, -0.2) is 11.2 Å². The zero-order chi connectivity index (χ0) is 22.0. The molecule has 0 spiro atoms. The van der Waals surface area contributed by atoms with Gasteiger partial charge in [-0.2, -0.15) is 0 Å². The van der Waals surface area contributed by atoms with Gasteiger partial charge in [-0.25, -0.2) is 0 Å². The number of hydrogen-bond acceptors (Lipinski definition) is 1. The first kappa shape index (κ1) is 21.0. The van der Waals surface area contributed by atoms with E-state index in [-0.39, 0.29) is 0 Å². The number of benzene rings is 4. The molecule has 1 nitrogen and oxygen atoms in total. The van der Waals surface area contributed by atoms with E-state index < -0.39 is 6.10 Å². The summed E-state index contributed by atoms with van der Waals surface area (Å²) in [6.45, 7) is 0. The summed E-state index contributed by atoms with van der Waals surface area (Å²) in [6.07, 6.45) is -1.00. The first-order valence-electron chi connectivity index (χ1n) is 10.5. The molecule has 4 rings (SSSR count). The topological polar surface area (TPSA) is 20.2 Å². The lowest BCUT2D eigenvalue weighted by Crippen LogP contribution is -2.05. The second-order valence-corrected chi connectivity index (χ2v) is 7.17. The molecule has 32 heavy (non-hydrogen) atoms. The van der Waals surface area contributed by atoms with Gasteiger partial charge in [0.25, 0.3) is 0 Å². The van der Waals surface area contributed by atoms with Gasteiger partial charge in [-0.15, -0.1) is 0 Å². The van der Waals surface area contributed by atoms with E-state index in [1.54, 1.807) is 0 Å². The molecule has 1 N–H and O–H groups in total. The van der Waals surface area contributed by atoms with E-state index in [4.69, 9.17) is 0 Å². The molecule has 0 bridgehead atoms. The predicted octanol–water partition coefficient (Wildman–Crippen LogP) is 6.37. The van der Waals surface area contributed by atoms with Gasteiger partial charge in [0.05, 0.1) is 5.57 Å². The van der Waals surface area contributed by atoms with E-state index in [0.29, 0.717) is 5.57 Å². The number of aliphatic hydroxyl groups excluding tert-OH is 1. The molecule has 0 amide bonds. The molecule has 4 aromatic carbocycles. The van der Waals surface area contributed by atoms with Crippen LogP contribution in [0.3, 0.4) is 0 Å². The van der Waals surface area contributed by atoms with Crippen molar-refractivity contribution in [2.45, 2.75) is 6.10 Å². The Bertz CT molecular complexity index is 1270. The van der Waals surface area contributed by atoms with E-state index in [0.717, 1.165) is 27.8 Å². The van der Waals surface area contributed by atoms with Gasteiger partial charge in [0.1, 0.15) is 6.10 Å². The van der Waals surface area contributed by atoms with Gasteiger partial charge in [-0.05, 0) is 28.8 Å². The highest BCUT2D eigenvalue weighted by Crippen LogP contribution is 2.23. The normalized spacial score (nSPS) is 10.7. The Morgan fingerprint density at radius 2 is 0.969 bits per heavy atom. The highest BCUT2D eigenvalue weighted by molar-refractivity contribution is 5.80. The third-order valence-electron chi connectivity index (χ3n) is 4.93. The Hall–Kier alpha value is -4.30. The summed E-state index contributed by atoms with van der Waals surface area (Å²) >= 11 is 0. The average Bonchev–Trinajstić information content (AvgIpc) is 2.87. The molecule has 0 heterocycles. The first-order valence-corrected chi connectivity index (χ1v) is 10.5. The van der Waals surface area contributed by atoms with Crippen molar-refractivity contribution in [3.8, 4) is 11.8 Å². The lowest BCUT2D eigenvalue weighted by Gasteiger charge is -2.07. The van der Waals surface area contributed by atoms with Crippen molar-refractivity contribution in [1.82, 2.24) is 0 Å². The van der Waals surface area contributed by atoms with Crippen LogP contribution in [0.5, 0.6) is 0 Å². The van der Waals surface area contributed by atoms with Crippen molar-refractivity contribution in [2.24, 2.45) is 0 Å². The smallest absolute Gasteiger partial charge is 0.148 e. The van der Waals surface area contributed by atoms with Crippen molar-refractivity contribution in [1.29, 1.82) is 0 Å². The summed E-state index contributed by atoms with van der Waals surface area (Å²) in [7, 11) is 0. The van der Waals surface area contributed by atoms with Crippen LogP contribution in [-0.2, 0) is 0 Å². The lowest BCUT2D eigenvalue weighted by molar-refractivity contribution is 0.289. The van der Waals surface area contributed by atoms with Gasteiger partial charge < -0.3 is 5.11 Å². The minimum Gasteiger partial charge on any atom is -0.375 e. The SMILES string of the molecule is OC(C#Cc1ccccc1)C(=C=C=C(c1ccccc1)c1ccccc1)c1ccccc1. The van der Waals surface area contributed by atoms with Crippen molar-refractivity contribution in [3.05, 3.63) is 155 Å². The van der Waals surface area contributed by atoms with Gasteiger partial charge in [-0.1, -0.05) is 132 Å². The Morgan fingerprint density at radius 3 is 1.47 bits per heavy atom. The van der Waals surface area contributed by atoms with Crippen LogP contribution < -0.4 is 0 Å². The maximum atomic E-state index is 11.0. The second-order valence-electron chi connectivity index (χ2n) is 7.17. The molecule has 0 aliphatic rings. The summed E-state index contributed by atoms with van der Waals surface area (Å²) < 4.78 is 0. The Kier molecular flexibility index (Phi) is 6.97. The third kappa shape index (κ3) is 5.44. The van der Waals surface area contributed by atoms with Crippen LogP contribution in [0.1, 0.15) is 22.3 Å². The zero-order valence-corrected chi connectivity index (χ0v) is 17.6. The van der Waals surface area contributed by atoms with Crippen molar-refractivity contribution >= 4 is 11.1 Å². The lowest BCUT2D eigenvalue weighted by atomic mass is 9.97. The van der Waals surface area contributed by atoms with Crippen LogP contribution in [0.25, 0.3) is 11.1 Å². The van der Waals surface area contributed by atoms with Crippen LogP contribution >= 0.6 is 0 Å². The summed E-state index contributed by atoms with van der Waals surface area (Å²) in [6, 6.07) is 39.5. The second kappa shape index (κ2) is 10.6. The molecule has 1 unspecified atom stereocenters. The zero-order valence-electron chi connectivity index (χ0n) is 17.6. The van der Waals surface area contributed by atoms with Gasteiger partial charge in [0.15, 0.2) is 0 Å². The number of hydrogen-bond donors (Lipinski definition) is 1. The van der Waals surface area contributed by atoms with Crippen molar-refractivity contribution in [2.75, 3.05) is 0 Å². The van der Waals surface area contributed by atoms with E-state index in [2.05, 4.69) is 23.3 Å². The Morgan fingerprint density at radius 1 is 0.531 bits per heavy atom. The van der Waals surface area contributed by atoms with Crippen LogP contribution in [0.15, 0.2) is 133 Å². The summed E-state index contributed by atoms with van der Waals surface area (Å²) in [4.78, 5) is 0. The molecule has 0 fully saturated rings. The minimum absolute atomic E-state index is 0.582. The summed E-state index contributed by atoms with van der Waals surface area (Å²) in [5, 5.41) is 11.0. The largest absolute Gasteiger partial charge is 0.375 e. The molecular formula is C31H22O. The highest BCUT2D eigenvalue weighted by atomic mass is 16.3. The fraction of sp³-hybridized carbons (Fsp3) is 0.0323. The molecule has 4 aromatic rings. The minimum atomic E-state index is -1.00. The van der Waals surface area contributed by atoms with Crippen LogP contribution in [0.2, 0.25) is 0 Å². The molecule has 0 aliphatic carbocycles. The van der Waals surface area contributed by atoms with Crippen molar-refractivity contribution in [3.63, 3.8) is 0 Å². The van der Waals surface area contributed by atoms with E-state index in [1.165, 1.54) is 0 Å².